The summed E-state index contributed by atoms with van der Waals surface area (Å²) in [6, 6.07) is 0. The van der Waals surface area contributed by atoms with Gasteiger partial charge in [-0.05, 0) is 45.3 Å². The minimum Gasteiger partial charge on any atom is -0.303 e. The molecule has 0 radical (unpaired) electrons. The summed E-state index contributed by atoms with van der Waals surface area (Å²) in [5, 5.41) is 0. The third kappa shape index (κ3) is 28.2. The van der Waals surface area contributed by atoms with E-state index >= 15 is 0 Å². The van der Waals surface area contributed by atoms with E-state index in [1.54, 1.807) is 0 Å². The summed E-state index contributed by atoms with van der Waals surface area (Å²) in [5.41, 5.74) is 0. The van der Waals surface area contributed by atoms with Gasteiger partial charge in [-0.25, -0.2) is 4.57 Å². The van der Waals surface area contributed by atoms with Gasteiger partial charge < -0.3 is 14.7 Å². The Morgan fingerprint density at radius 1 is 0.515 bits per heavy atom. The molecule has 0 aliphatic carbocycles. The minimum absolute atomic E-state index is 0.160. The molecule has 5 nitrogen and oxygen atoms in total. The molecule has 0 spiro atoms. The SMILES string of the molecule is CCCCCCCCCCN(CCCCCCCCCC)CCCCCCCOP(=O)(O)O. The predicted octanol–water partition coefficient (Wildman–Crippen LogP) is 8.63. The number of phosphoric ester groups is 1. The number of hydrogen-bond acceptors (Lipinski definition) is 3. The zero-order chi connectivity index (χ0) is 24.5. The van der Waals surface area contributed by atoms with E-state index in [0.717, 1.165) is 19.3 Å². The first-order valence-corrected chi connectivity index (χ1v) is 15.9. The largest absolute Gasteiger partial charge is 0.469 e. The Kier molecular flexibility index (Phi) is 25.2. The quantitative estimate of drug-likeness (QED) is 0.0889. The van der Waals surface area contributed by atoms with Gasteiger partial charge in [0.15, 0.2) is 0 Å². The van der Waals surface area contributed by atoms with E-state index in [0.29, 0.717) is 0 Å². The van der Waals surface area contributed by atoms with Crippen molar-refractivity contribution in [2.45, 2.75) is 149 Å². The molecule has 0 atom stereocenters. The highest BCUT2D eigenvalue weighted by molar-refractivity contribution is 7.46. The summed E-state index contributed by atoms with van der Waals surface area (Å²) in [6.07, 6.45) is 27.4. The molecule has 0 heterocycles. The van der Waals surface area contributed by atoms with E-state index in [4.69, 9.17) is 9.79 Å². The van der Waals surface area contributed by atoms with E-state index in [1.807, 2.05) is 0 Å². The molecule has 0 rings (SSSR count). The highest BCUT2D eigenvalue weighted by Gasteiger charge is 2.12. The molecular weight excluding hydrogens is 433 g/mol. The normalized spacial score (nSPS) is 12.2. The van der Waals surface area contributed by atoms with Crippen LogP contribution in [0.5, 0.6) is 0 Å². The summed E-state index contributed by atoms with van der Waals surface area (Å²) >= 11 is 0. The fraction of sp³-hybridized carbons (Fsp3) is 1.00. The van der Waals surface area contributed by atoms with E-state index in [9.17, 15) is 4.57 Å². The summed E-state index contributed by atoms with van der Waals surface area (Å²) in [6.45, 7) is 8.42. The van der Waals surface area contributed by atoms with Crippen LogP contribution in [-0.2, 0) is 9.09 Å². The van der Waals surface area contributed by atoms with E-state index in [2.05, 4.69) is 23.3 Å². The zero-order valence-electron chi connectivity index (χ0n) is 22.3. The second kappa shape index (κ2) is 25.2. The van der Waals surface area contributed by atoms with Crippen molar-refractivity contribution in [1.82, 2.24) is 4.90 Å². The molecule has 0 aromatic rings. The molecule has 200 valence electrons. The van der Waals surface area contributed by atoms with Crippen LogP contribution in [0.3, 0.4) is 0 Å². The lowest BCUT2D eigenvalue weighted by molar-refractivity contribution is 0.193. The first kappa shape index (κ1) is 33.1. The maximum atomic E-state index is 10.7. The Morgan fingerprint density at radius 3 is 1.15 bits per heavy atom. The first-order chi connectivity index (χ1) is 16.0. The van der Waals surface area contributed by atoms with Crippen LogP contribution in [0.15, 0.2) is 0 Å². The molecule has 33 heavy (non-hydrogen) atoms. The maximum Gasteiger partial charge on any atom is 0.469 e. The Morgan fingerprint density at radius 2 is 0.818 bits per heavy atom. The number of hydrogen-bond donors (Lipinski definition) is 2. The zero-order valence-corrected chi connectivity index (χ0v) is 23.2. The van der Waals surface area contributed by atoms with E-state index < -0.39 is 7.82 Å². The van der Waals surface area contributed by atoms with Gasteiger partial charge in [-0.15, -0.1) is 0 Å². The molecule has 0 saturated carbocycles. The van der Waals surface area contributed by atoms with Gasteiger partial charge >= 0.3 is 7.82 Å². The highest BCUT2D eigenvalue weighted by Crippen LogP contribution is 2.35. The van der Waals surface area contributed by atoms with E-state index in [1.165, 1.54) is 135 Å². The monoisotopic (exact) mass is 491 g/mol. The third-order valence-electron chi connectivity index (χ3n) is 6.53. The highest BCUT2D eigenvalue weighted by atomic mass is 31.2. The van der Waals surface area contributed by atoms with Gasteiger partial charge in [-0.1, -0.05) is 123 Å². The summed E-state index contributed by atoms with van der Waals surface area (Å²) in [5.74, 6) is 0. The topological polar surface area (TPSA) is 70.0 Å². The van der Waals surface area contributed by atoms with Gasteiger partial charge in [0.25, 0.3) is 0 Å². The minimum atomic E-state index is -4.29. The van der Waals surface area contributed by atoms with Gasteiger partial charge in [-0.2, -0.15) is 0 Å². The van der Waals surface area contributed by atoms with Crippen LogP contribution in [0.2, 0.25) is 0 Å². The van der Waals surface area contributed by atoms with Crippen molar-refractivity contribution in [3.63, 3.8) is 0 Å². The van der Waals surface area contributed by atoms with Crippen molar-refractivity contribution in [2.75, 3.05) is 26.2 Å². The molecule has 0 bridgehead atoms. The first-order valence-electron chi connectivity index (χ1n) is 14.4. The van der Waals surface area contributed by atoms with Crippen LogP contribution in [0.4, 0.5) is 0 Å². The summed E-state index contributed by atoms with van der Waals surface area (Å²) in [7, 11) is -4.29. The lowest BCUT2D eigenvalue weighted by atomic mass is 10.1. The second-order valence-corrected chi connectivity index (χ2v) is 11.1. The smallest absolute Gasteiger partial charge is 0.303 e. The molecule has 2 N–H and O–H groups in total. The van der Waals surface area contributed by atoms with Gasteiger partial charge in [0.2, 0.25) is 0 Å². The van der Waals surface area contributed by atoms with Gasteiger partial charge in [0, 0.05) is 0 Å². The molecule has 0 aromatic carbocycles. The third-order valence-corrected chi connectivity index (χ3v) is 7.05. The van der Waals surface area contributed by atoms with Crippen LogP contribution >= 0.6 is 7.82 Å². The Labute approximate surface area is 206 Å². The second-order valence-electron chi connectivity index (χ2n) is 9.88. The van der Waals surface area contributed by atoms with Crippen LogP contribution in [0, 0.1) is 0 Å². The van der Waals surface area contributed by atoms with Crippen molar-refractivity contribution >= 4 is 7.82 Å². The molecule has 0 unspecified atom stereocenters. The molecule has 0 aromatic heterocycles. The Bertz CT molecular complexity index is 410. The van der Waals surface area contributed by atoms with Crippen LogP contribution in [0.1, 0.15) is 149 Å². The predicted molar refractivity (Wildman–Crippen MR) is 143 cm³/mol. The lowest BCUT2D eigenvalue weighted by Crippen LogP contribution is -2.27. The molecule has 0 aliphatic rings. The average Bonchev–Trinajstić information content (AvgIpc) is 2.77. The maximum absolute atomic E-state index is 10.7. The molecule has 0 aliphatic heterocycles. The van der Waals surface area contributed by atoms with Crippen molar-refractivity contribution < 1.29 is 18.9 Å². The van der Waals surface area contributed by atoms with Crippen LogP contribution in [0.25, 0.3) is 0 Å². The number of nitrogens with zero attached hydrogens (tertiary/aromatic N) is 1. The van der Waals surface area contributed by atoms with Crippen molar-refractivity contribution in [3.05, 3.63) is 0 Å². The Hall–Kier alpha value is 0.0700. The van der Waals surface area contributed by atoms with Crippen molar-refractivity contribution in [3.8, 4) is 0 Å². The fourth-order valence-corrected chi connectivity index (χ4v) is 4.79. The van der Waals surface area contributed by atoms with Crippen molar-refractivity contribution in [1.29, 1.82) is 0 Å². The van der Waals surface area contributed by atoms with Gasteiger partial charge in [-0.3, -0.25) is 4.52 Å². The standard InChI is InChI=1S/C27H58NO4P/c1-3-5-7-9-11-13-16-20-24-28(25-21-17-14-12-10-8-6-4-2)26-22-18-15-19-23-27-32-33(29,30)31/h3-27H2,1-2H3,(H2,29,30,31). The van der Waals surface area contributed by atoms with Crippen molar-refractivity contribution in [2.24, 2.45) is 0 Å². The van der Waals surface area contributed by atoms with Crippen LogP contribution < -0.4 is 0 Å². The van der Waals surface area contributed by atoms with Crippen LogP contribution in [-0.4, -0.2) is 40.9 Å². The fourth-order valence-electron chi connectivity index (χ4n) is 4.43. The number of unbranched alkanes of at least 4 members (excludes halogenated alkanes) is 18. The van der Waals surface area contributed by atoms with Gasteiger partial charge in [0.05, 0.1) is 6.61 Å². The molecule has 0 saturated heterocycles. The molecule has 0 amide bonds. The average molecular weight is 492 g/mol. The lowest BCUT2D eigenvalue weighted by Gasteiger charge is -2.22. The summed E-state index contributed by atoms with van der Waals surface area (Å²) in [4.78, 5) is 20.1. The molecule has 6 heteroatoms. The molecular formula is C27H58NO4P. The number of phosphoric acid groups is 1. The van der Waals surface area contributed by atoms with Gasteiger partial charge in [0.1, 0.15) is 0 Å². The van der Waals surface area contributed by atoms with E-state index in [-0.39, 0.29) is 6.61 Å². The molecule has 0 fully saturated rings. The number of rotatable bonds is 27. The Balaban J connectivity index is 3.90. The summed E-state index contributed by atoms with van der Waals surface area (Å²) < 4.78 is 15.2.